The highest BCUT2D eigenvalue weighted by Crippen LogP contribution is 2.43. The SMILES string of the molecule is CC1(C)CC(=O)c2c([nH]c(-c3ccncc3)c2Nc2ccc(Oc3ccccc3)cc2)C1. The lowest BCUT2D eigenvalue weighted by Gasteiger charge is -2.28. The highest BCUT2D eigenvalue weighted by Gasteiger charge is 2.35. The Morgan fingerprint density at radius 1 is 0.906 bits per heavy atom. The van der Waals surface area contributed by atoms with Gasteiger partial charge in [-0.15, -0.1) is 0 Å². The van der Waals surface area contributed by atoms with Gasteiger partial charge in [-0.3, -0.25) is 9.78 Å². The number of para-hydroxylation sites is 1. The molecule has 0 atom stereocenters. The lowest BCUT2D eigenvalue weighted by molar-refractivity contribution is 0.0912. The first-order valence-corrected chi connectivity index (χ1v) is 10.8. The average Bonchev–Trinajstić information content (AvgIpc) is 3.13. The van der Waals surface area contributed by atoms with Gasteiger partial charge in [-0.2, -0.15) is 0 Å². The third kappa shape index (κ3) is 4.02. The van der Waals surface area contributed by atoms with Crippen molar-refractivity contribution in [2.75, 3.05) is 5.32 Å². The minimum absolute atomic E-state index is 0.0574. The van der Waals surface area contributed by atoms with Gasteiger partial charge in [0.1, 0.15) is 11.5 Å². The Kier molecular flexibility index (Phi) is 5.02. The summed E-state index contributed by atoms with van der Waals surface area (Å²) in [4.78, 5) is 20.8. The molecule has 32 heavy (non-hydrogen) atoms. The van der Waals surface area contributed by atoms with Crippen LogP contribution in [0.5, 0.6) is 11.5 Å². The number of H-pyrrole nitrogens is 1. The molecule has 0 bridgehead atoms. The molecular weight excluding hydrogens is 398 g/mol. The number of nitrogens with one attached hydrogen (secondary N) is 2. The number of ketones is 1. The molecule has 2 heterocycles. The topological polar surface area (TPSA) is 67.0 Å². The van der Waals surface area contributed by atoms with Crippen molar-refractivity contribution in [3.8, 4) is 22.8 Å². The number of aromatic amines is 1. The zero-order valence-corrected chi connectivity index (χ0v) is 18.2. The summed E-state index contributed by atoms with van der Waals surface area (Å²) >= 11 is 0. The van der Waals surface area contributed by atoms with Gasteiger partial charge >= 0.3 is 0 Å². The fraction of sp³-hybridized carbons (Fsp3) is 0.185. The predicted octanol–water partition coefficient (Wildman–Crippen LogP) is 6.77. The molecular formula is C27H25N3O2. The number of hydrogen-bond donors (Lipinski definition) is 2. The summed E-state index contributed by atoms with van der Waals surface area (Å²) in [6.07, 6.45) is 4.89. The summed E-state index contributed by atoms with van der Waals surface area (Å²) in [5, 5.41) is 3.50. The molecule has 0 unspecified atom stereocenters. The number of hydrogen-bond acceptors (Lipinski definition) is 4. The Morgan fingerprint density at radius 2 is 1.59 bits per heavy atom. The quantitative estimate of drug-likeness (QED) is 0.372. The number of carbonyl (C=O) groups excluding carboxylic acids is 1. The molecule has 0 aliphatic heterocycles. The van der Waals surface area contributed by atoms with Crippen LogP contribution in [0, 0.1) is 5.41 Å². The van der Waals surface area contributed by atoms with Gasteiger partial charge in [0.15, 0.2) is 5.78 Å². The number of Topliss-reactive ketones (excluding diaryl/α,β-unsaturated/α-hetero) is 1. The summed E-state index contributed by atoms with van der Waals surface area (Å²) < 4.78 is 5.90. The van der Waals surface area contributed by atoms with E-state index in [4.69, 9.17) is 4.74 Å². The van der Waals surface area contributed by atoms with Gasteiger partial charge < -0.3 is 15.0 Å². The van der Waals surface area contributed by atoms with Crippen LogP contribution < -0.4 is 10.1 Å². The van der Waals surface area contributed by atoms with Crippen LogP contribution >= 0.6 is 0 Å². The van der Waals surface area contributed by atoms with Crippen LogP contribution in [0.1, 0.15) is 36.3 Å². The number of nitrogens with zero attached hydrogens (tertiary/aromatic N) is 1. The number of anilines is 2. The molecule has 0 saturated carbocycles. The Balaban J connectivity index is 1.49. The van der Waals surface area contributed by atoms with Crippen LogP contribution in [0.2, 0.25) is 0 Å². The fourth-order valence-corrected chi connectivity index (χ4v) is 4.29. The molecule has 5 heteroatoms. The first-order chi connectivity index (χ1) is 15.5. The van der Waals surface area contributed by atoms with Gasteiger partial charge in [-0.25, -0.2) is 0 Å². The van der Waals surface area contributed by atoms with Gasteiger partial charge in [-0.05, 0) is 60.4 Å². The fourth-order valence-electron chi connectivity index (χ4n) is 4.29. The number of pyridine rings is 1. The monoisotopic (exact) mass is 423 g/mol. The Labute approximate surface area is 187 Å². The van der Waals surface area contributed by atoms with Gasteiger partial charge in [0, 0.05) is 35.8 Å². The van der Waals surface area contributed by atoms with Crippen molar-refractivity contribution in [2.45, 2.75) is 26.7 Å². The maximum atomic E-state index is 13.1. The molecule has 0 fully saturated rings. The smallest absolute Gasteiger partial charge is 0.167 e. The molecule has 5 rings (SSSR count). The normalized spacial score (nSPS) is 14.6. The highest BCUT2D eigenvalue weighted by molar-refractivity contribution is 6.07. The minimum Gasteiger partial charge on any atom is -0.457 e. The number of benzene rings is 2. The minimum atomic E-state index is -0.0574. The summed E-state index contributed by atoms with van der Waals surface area (Å²) in [5.74, 6) is 1.71. The first-order valence-electron chi connectivity index (χ1n) is 10.8. The summed E-state index contributed by atoms with van der Waals surface area (Å²) in [7, 11) is 0. The largest absolute Gasteiger partial charge is 0.457 e. The second-order valence-corrected chi connectivity index (χ2v) is 8.97. The predicted molar refractivity (Wildman–Crippen MR) is 127 cm³/mol. The van der Waals surface area contributed by atoms with Gasteiger partial charge in [0.05, 0.1) is 16.9 Å². The van der Waals surface area contributed by atoms with Crippen LogP contribution in [-0.4, -0.2) is 15.8 Å². The Hall–Kier alpha value is -3.86. The van der Waals surface area contributed by atoms with Crippen molar-refractivity contribution in [1.29, 1.82) is 0 Å². The second-order valence-electron chi connectivity index (χ2n) is 8.97. The van der Waals surface area contributed by atoms with Crippen LogP contribution in [0.15, 0.2) is 79.1 Å². The average molecular weight is 424 g/mol. The lowest BCUT2D eigenvalue weighted by atomic mass is 9.76. The number of carbonyl (C=O) groups is 1. The van der Waals surface area contributed by atoms with Crippen LogP contribution in [0.25, 0.3) is 11.3 Å². The molecule has 2 aromatic carbocycles. The number of ether oxygens (including phenoxy) is 1. The van der Waals surface area contributed by atoms with E-state index in [2.05, 4.69) is 29.1 Å². The van der Waals surface area contributed by atoms with Crippen molar-refractivity contribution >= 4 is 17.2 Å². The van der Waals surface area contributed by atoms with Crippen LogP contribution in [0.4, 0.5) is 11.4 Å². The van der Waals surface area contributed by atoms with E-state index < -0.39 is 0 Å². The molecule has 2 N–H and O–H groups in total. The molecule has 5 nitrogen and oxygen atoms in total. The van der Waals surface area contributed by atoms with E-state index in [-0.39, 0.29) is 11.2 Å². The van der Waals surface area contributed by atoms with E-state index in [1.165, 1.54) is 0 Å². The van der Waals surface area contributed by atoms with E-state index >= 15 is 0 Å². The van der Waals surface area contributed by atoms with Gasteiger partial charge in [-0.1, -0.05) is 32.0 Å². The summed E-state index contributed by atoms with van der Waals surface area (Å²) in [6.45, 7) is 4.28. The maximum absolute atomic E-state index is 13.1. The molecule has 0 saturated heterocycles. The molecule has 160 valence electrons. The summed E-state index contributed by atoms with van der Waals surface area (Å²) in [6, 6.07) is 21.4. The van der Waals surface area contributed by atoms with Crippen LogP contribution in [-0.2, 0) is 6.42 Å². The van der Waals surface area contributed by atoms with Gasteiger partial charge in [0.2, 0.25) is 0 Å². The van der Waals surface area contributed by atoms with E-state index in [0.717, 1.165) is 51.8 Å². The zero-order valence-electron chi connectivity index (χ0n) is 18.2. The Morgan fingerprint density at radius 3 is 2.31 bits per heavy atom. The lowest BCUT2D eigenvalue weighted by Crippen LogP contribution is -2.26. The van der Waals surface area contributed by atoms with Crippen molar-refractivity contribution < 1.29 is 9.53 Å². The van der Waals surface area contributed by atoms with E-state index in [9.17, 15) is 4.79 Å². The molecule has 0 radical (unpaired) electrons. The second kappa shape index (κ2) is 8.00. The van der Waals surface area contributed by atoms with Crippen molar-refractivity contribution in [3.05, 3.63) is 90.4 Å². The Bertz CT molecular complexity index is 1240. The van der Waals surface area contributed by atoms with E-state index in [0.29, 0.717) is 6.42 Å². The third-order valence-corrected chi connectivity index (χ3v) is 5.72. The van der Waals surface area contributed by atoms with Gasteiger partial charge in [0.25, 0.3) is 0 Å². The van der Waals surface area contributed by atoms with Crippen LogP contribution in [0.3, 0.4) is 0 Å². The van der Waals surface area contributed by atoms with Crippen molar-refractivity contribution in [2.24, 2.45) is 5.41 Å². The molecule has 4 aromatic rings. The zero-order chi connectivity index (χ0) is 22.1. The molecule has 2 aromatic heterocycles. The highest BCUT2D eigenvalue weighted by atomic mass is 16.5. The molecule has 1 aliphatic carbocycles. The van der Waals surface area contributed by atoms with Crippen molar-refractivity contribution in [3.63, 3.8) is 0 Å². The molecule has 1 aliphatic rings. The maximum Gasteiger partial charge on any atom is 0.167 e. The number of aromatic nitrogens is 2. The van der Waals surface area contributed by atoms with E-state index in [1.807, 2.05) is 66.7 Å². The van der Waals surface area contributed by atoms with E-state index in [1.54, 1.807) is 12.4 Å². The molecule has 0 amide bonds. The first kappa shape index (κ1) is 20.1. The standard InChI is InChI=1S/C27H25N3O2/c1-27(2)16-22-24(23(31)17-27)26(25(30-22)18-12-14-28-15-13-18)29-19-8-10-21(11-9-19)32-20-6-4-3-5-7-20/h3-15,29-30H,16-17H2,1-2H3. The number of fused-ring (bicyclic) bond motifs is 1. The molecule has 0 spiro atoms. The number of rotatable bonds is 5. The third-order valence-electron chi connectivity index (χ3n) is 5.72. The van der Waals surface area contributed by atoms with Crippen molar-refractivity contribution in [1.82, 2.24) is 9.97 Å². The summed E-state index contributed by atoms with van der Waals surface area (Å²) in [5.41, 5.74) is 5.31.